The first kappa shape index (κ1) is 18.3. The van der Waals surface area contributed by atoms with E-state index in [1.807, 2.05) is 0 Å². The molecule has 1 aromatic heterocycles. The minimum Gasteiger partial charge on any atom is -0.393 e. The molecule has 1 unspecified atom stereocenters. The molecule has 1 aromatic rings. The second-order valence-corrected chi connectivity index (χ2v) is 7.82. The molecular formula is C18H31N5O2. The third-order valence-electron chi connectivity index (χ3n) is 5.30. The number of hydrogen-bond acceptors (Lipinski definition) is 5. The predicted octanol–water partition coefficient (Wildman–Crippen LogP) is 1.18. The van der Waals surface area contributed by atoms with E-state index in [1.165, 1.54) is 0 Å². The minimum absolute atomic E-state index is 0.00579. The summed E-state index contributed by atoms with van der Waals surface area (Å²) in [4.78, 5) is 12.8. The summed E-state index contributed by atoms with van der Waals surface area (Å²) < 4.78 is 2.18. The largest absolute Gasteiger partial charge is 0.393 e. The molecule has 140 valence electrons. The summed E-state index contributed by atoms with van der Waals surface area (Å²) in [5.41, 5.74) is 0. The van der Waals surface area contributed by atoms with Gasteiger partial charge in [0.25, 0.3) is 0 Å². The molecule has 1 aliphatic carbocycles. The Balaban J connectivity index is 1.74. The van der Waals surface area contributed by atoms with Crippen LogP contribution < -0.4 is 10.6 Å². The Morgan fingerprint density at radius 2 is 2.04 bits per heavy atom. The Hall–Kier alpha value is -1.47. The molecule has 1 amide bonds. The molecule has 2 heterocycles. The molecule has 25 heavy (non-hydrogen) atoms. The van der Waals surface area contributed by atoms with Crippen LogP contribution in [-0.2, 0) is 17.8 Å². The summed E-state index contributed by atoms with van der Waals surface area (Å²) >= 11 is 0. The molecule has 0 spiro atoms. The van der Waals surface area contributed by atoms with E-state index in [-0.39, 0.29) is 24.0 Å². The monoisotopic (exact) mass is 349 g/mol. The topological polar surface area (TPSA) is 92.1 Å². The number of aliphatic hydroxyl groups is 1. The van der Waals surface area contributed by atoms with E-state index in [2.05, 4.69) is 39.2 Å². The molecule has 2 aliphatic rings. The van der Waals surface area contributed by atoms with Crippen molar-refractivity contribution in [2.75, 3.05) is 13.1 Å². The number of carbonyl (C=O) groups is 1. The van der Waals surface area contributed by atoms with Gasteiger partial charge in [-0.15, -0.1) is 10.2 Å². The van der Waals surface area contributed by atoms with Crippen LogP contribution in [-0.4, -0.2) is 45.0 Å². The Labute approximate surface area is 149 Å². The van der Waals surface area contributed by atoms with Crippen molar-refractivity contribution in [3.63, 3.8) is 0 Å². The SMILES string of the molecule is CC(C)CC(NC(=O)C1CCC(O)CC1)c1nnc2n1CCNCC2. The van der Waals surface area contributed by atoms with Crippen molar-refractivity contribution < 1.29 is 9.90 Å². The maximum atomic E-state index is 12.8. The highest BCUT2D eigenvalue weighted by Crippen LogP contribution is 2.27. The fourth-order valence-electron chi connectivity index (χ4n) is 3.88. The van der Waals surface area contributed by atoms with Crippen molar-refractivity contribution in [2.24, 2.45) is 11.8 Å². The van der Waals surface area contributed by atoms with Gasteiger partial charge < -0.3 is 20.3 Å². The first-order chi connectivity index (χ1) is 12.0. The predicted molar refractivity (Wildman–Crippen MR) is 94.9 cm³/mol. The zero-order valence-electron chi connectivity index (χ0n) is 15.4. The zero-order valence-corrected chi connectivity index (χ0v) is 15.4. The van der Waals surface area contributed by atoms with Crippen LogP contribution >= 0.6 is 0 Å². The molecule has 0 aromatic carbocycles. The Kier molecular flexibility index (Phi) is 6.06. The summed E-state index contributed by atoms with van der Waals surface area (Å²) in [6.45, 7) is 7.00. The third-order valence-corrected chi connectivity index (χ3v) is 5.30. The lowest BCUT2D eigenvalue weighted by molar-refractivity contribution is -0.127. The average molecular weight is 349 g/mol. The lowest BCUT2D eigenvalue weighted by atomic mass is 9.86. The van der Waals surface area contributed by atoms with Crippen LogP contribution in [0.5, 0.6) is 0 Å². The lowest BCUT2D eigenvalue weighted by Gasteiger charge is -2.27. The van der Waals surface area contributed by atoms with E-state index in [9.17, 15) is 9.90 Å². The highest BCUT2D eigenvalue weighted by atomic mass is 16.3. The molecule has 1 fully saturated rings. The van der Waals surface area contributed by atoms with Crippen molar-refractivity contribution in [3.05, 3.63) is 11.6 Å². The lowest BCUT2D eigenvalue weighted by Crippen LogP contribution is -2.38. The molecule has 1 saturated carbocycles. The zero-order chi connectivity index (χ0) is 17.8. The fourth-order valence-corrected chi connectivity index (χ4v) is 3.88. The van der Waals surface area contributed by atoms with Crippen molar-refractivity contribution in [2.45, 2.75) is 71.1 Å². The summed E-state index contributed by atoms with van der Waals surface area (Å²) in [5, 5.41) is 25.1. The van der Waals surface area contributed by atoms with Gasteiger partial charge in [0.05, 0.1) is 12.1 Å². The molecular weight excluding hydrogens is 318 g/mol. The van der Waals surface area contributed by atoms with Gasteiger partial charge in [-0.2, -0.15) is 0 Å². The number of nitrogens with one attached hydrogen (secondary N) is 2. The van der Waals surface area contributed by atoms with Crippen molar-refractivity contribution in [1.82, 2.24) is 25.4 Å². The highest BCUT2D eigenvalue weighted by Gasteiger charge is 2.29. The second kappa shape index (κ2) is 8.27. The number of carbonyl (C=O) groups excluding carboxylic acids is 1. The third kappa shape index (κ3) is 4.58. The maximum Gasteiger partial charge on any atom is 0.223 e. The van der Waals surface area contributed by atoms with Gasteiger partial charge in [0.2, 0.25) is 5.91 Å². The number of hydrogen-bond donors (Lipinski definition) is 3. The summed E-state index contributed by atoms with van der Waals surface area (Å²) in [7, 11) is 0. The van der Waals surface area contributed by atoms with Crippen LogP contribution in [0.25, 0.3) is 0 Å². The summed E-state index contributed by atoms with van der Waals surface area (Å²) in [6, 6.07) is -0.0984. The molecule has 0 radical (unpaired) electrons. The van der Waals surface area contributed by atoms with Gasteiger partial charge in [-0.3, -0.25) is 4.79 Å². The van der Waals surface area contributed by atoms with Crippen LogP contribution in [0, 0.1) is 11.8 Å². The minimum atomic E-state index is -0.240. The van der Waals surface area contributed by atoms with E-state index in [1.54, 1.807) is 0 Å². The average Bonchev–Trinajstić information content (AvgIpc) is 2.83. The smallest absolute Gasteiger partial charge is 0.223 e. The van der Waals surface area contributed by atoms with Crippen LogP contribution in [0.2, 0.25) is 0 Å². The number of amides is 1. The van der Waals surface area contributed by atoms with E-state index >= 15 is 0 Å². The van der Waals surface area contributed by atoms with Crippen molar-refractivity contribution >= 4 is 5.91 Å². The molecule has 7 heteroatoms. The number of aromatic nitrogens is 3. The van der Waals surface area contributed by atoms with Gasteiger partial charge in [-0.25, -0.2) is 0 Å². The van der Waals surface area contributed by atoms with Crippen LogP contribution in [0.15, 0.2) is 0 Å². The molecule has 1 aliphatic heterocycles. The van der Waals surface area contributed by atoms with Crippen molar-refractivity contribution in [1.29, 1.82) is 0 Å². The van der Waals surface area contributed by atoms with Crippen LogP contribution in [0.3, 0.4) is 0 Å². The van der Waals surface area contributed by atoms with Gasteiger partial charge >= 0.3 is 0 Å². The van der Waals surface area contributed by atoms with Crippen LogP contribution in [0.4, 0.5) is 0 Å². The fraction of sp³-hybridized carbons (Fsp3) is 0.833. The van der Waals surface area contributed by atoms with Crippen LogP contribution in [0.1, 0.15) is 63.6 Å². The number of nitrogens with zero attached hydrogens (tertiary/aromatic N) is 3. The Morgan fingerprint density at radius 1 is 1.28 bits per heavy atom. The molecule has 3 rings (SSSR count). The Morgan fingerprint density at radius 3 is 2.76 bits per heavy atom. The molecule has 0 saturated heterocycles. The van der Waals surface area contributed by atoms with Gasteiger partial charge in [0.1, 0.15) is 5.82 Å². The van der Waals surface area contributed by atoms with Gasteiger partial charge in [-0.05, 0) is 38.0 Å². The summed E-state index contributed by atoms with van der Waals surface area (Å²) in [6.07, 6.45) is 4.46. The van der Waals surface area contributed by atoms with Gasteiger partial charge in [0.15, 0.2) is 5.82 Å². The quantitative estimate of drug-likeness (QED) is 0.742. The van der Waals surface area contributed by atoms with E-state index < -0.39 is 0 Å². The first-order valence-corrected chi connectivity index (χ1v) is 9.65. The van der Waals surface area contributed by atoms with E-state index in [0.29, 0.717) is 5.92 Å². The number of rotatable bonds is 5. The second-order valence-electron chi connectivity index (χ2n) is 7.82. The van der Waals surface area contributed by atoms with Gasteiger partial charge in [-0.1, -0.05) is 13.8 Å². The molecule has 0 bridgehead atoms. The highest BCUT2D eigenvalue weighted by molar-refractivity contribution is 5.79. The van der Waals surface area contributed by atoms with Gasteiger partial charge in [0, 0.05) is 32.0 Å². The standard InChI is InChI=1S/C18H31N5O2/c1-12(2)11-15(20-18(25)13-3-5-14(24)6-4-13)17-22-21-16-7-8-19-9-10-23(16)17/h12-15,19,24H,3-11H2,1-2H3,(H,20,25). The normalized spacial score (nSPS) is 25.3. The van der Waals surface area contributed by atoms with E-state index in [4.69, 9.17) is 0 Å². The Bertz CT molecular complexity index is 578. The maximum absolute atomic E-state index is 12.8. The van der Waals surface area contributed by atoms with E-state index in [0.717, 1.165) is 69.8 Å². The molecule has 1 atom stereocenters. The summed E-state index contributed by atoms with van der Waals surface area (Å²) in [5.74, 6) is 2.45. The first-order valence-electron chi connectivity index (χ1n) is 9.65. The number of aliphatic hydroxyl groups excluding tert-OH is 1. The van der Waals surface area contributed by atoms with Crippen molar-refractivity contribution in [3.8, 4) is 0 Å². The number of fused-ring (bicyclic) bond motifs is 1. The molecule has 7 nitrogen and oxygen atoms in total. The molecule has 3 N–H and O–H groups in total.